The molecule has 0 saturated carbocycles. The predicted octanol–water partition coefficient (Wildman–Crippen LogP) is 2.52. The zero-order valence-corrected chi connectivity index (χ0v) is 12.2. The molecular formula is C13H17F3N2O3. The molecule has 0 unspecified atom stereocenters. The summed E-state index contributed by atoms with van der Waals surface area (Å²) in [7, 11) is 3.56. The fourth-order valence-electron chi connectivity index (χ4n) is 1.25. The molecular weight excluding hydrogens is 289 g/mol. The predicted molar refractivity (Wildman–Crippen MR) is 69.5 cm³/mol. The van der Waals surface area contributed by atoms with E-state index in [2.05, 4.69) is 4.98 Å². The topological polar surface area (TPSA) is 62.7 Å². The molecule has 0 atom stereocenters. The summed E-state index contributed by atoms with van der Waals surface area (Å²) < 4.78 is 43.1. The van der Waals surface area contributed by atoms with E-state index < -0.39 is 34.8 Å². The Morgan fingerprint density at radius 2 is 1.90 bits per heavy atom. The molecule has 5 nitrogen and oxygen atoms in total. The van der Waals surface area contributed by atoms with E-state index in [0.29, 0.717) is 6.07 Å². The largest absolute Gasteiger partial charge is 0.477 e. The normalized spacial score (nSPS) is 12.6. The van der Waals surface area contributed by atoms with Gasteiger partial charge >= 0.3 is 12.1 Å². The standard InChI is InChI=1S/C13H17F3N2O3/c1-12(2,18(3)4)7-21-10-8(11(19)20)5-6-9(17-10)13(14,15)16/h5-6H,7H2,1-4H3,(H,19,20). The van der Waals surface area contributed by atoms with Crippen LogP contribution in [0.4, 0.5) is 13.2 Å². The first kappa shape index (κ1) is 17.2. The van der Waals surface area contributed by atoms with Gasteiger partial charge in [0.05, 0.1) is 0 Å². The molecule has 0 saturated heterocycles. The van der Waals surface area contributed by atoms with Gasteiger partial charge in [-0.2, -0.15) is 13.2 Å². The SMILES string of the molecule is CN(C)C(C)(C)COc1nc(C(F)(F)F)ccc1C(=O)O. The molecule has 1 aromatic heterocycles. The number of aromatic nitrogens is 1. The van der Waals surface area contributed by atoms with Gasteiger partial charge in [0.2, 0.25) is 5.88 Å². The van der Waals surface area contributed by atoms with Crippen LogP contribution < -0.4 is 4.74 Å². The van der Waals surface area contributed by atoms with Crippen LogP contribution in [0.25, 0.3) is 0 Å². The first-order valence-electron chi connectivity index (χ1n) is 6.07. The Bertz CT molecular complexity index is 528. The van der Waals surface area contributed by atoms with E-state index in [1.165, 1.54) is 0 Å². The number of carbonyl (C=O) groups is 1. The van der Waals surface area contributed by atoms with Crippen LogP contribution in [0, 0.1) is 0 Å². The van der Waals surface area contributed by atoms with Gasteiger partial charge in [0.15, 0.2) is 0 Å². The van der Waals surface area contributed by atoms with Crippen LogP contribution >= 0.6 is 0 Å². The molecule has 21 heavy (non-hydrogen) atoms. The van der Waals surface area contributed by atoms with Gasteiger partial charge in [0, 0.05) is 5.54 Å². The first-order chi connectivity index (χ1) is 9.45. The fraction of sp³-hybridized carbons (Fsp3) is 0.538. The maximum Gasteiger partial charge on any atom is 0.433 e. The van der Waals surface area contributed by atoms with Crippen molar-refractivity contribution in [1.29, 1.82) is 0 Å². The van der Waals surface area contributed by atoms with Crippen molar-refractivity contribution in [2.75, 3.05) is 20.7 Å². The van der Waals surface area contributed by atoms with Gasteiger partial charge in [-0.05, 0) is 40.1 Å². The quantitative estimate of drug-likeness (QED) is 0.905. The zero-order valence-electron chi connectivity index (χ0n) is 12.2. The molecule has 1 N–H and O–H groups in total. The van der Waals surface area contributed by atoms with Crippen molar-refractivity contribution in [1.82, 2.24) is 9.88 Å². The van der Waals surface area contributed by atoms with Crippen molar-refractivity contribution in [3.63, 3.8) is 0 Å². The number of carboxylic acid groups (broad SMARTS) is 1. The highest BCUT2D eigenvalue weighted by Gasteiger charge is 2.34. The molecule has 8 heteroatoms. The number of aromatic carboxylic acids is 1. The molecule has 1 aromatic rings. The van der Waals surface area contributed by atoms with Gasteiger partial charge < -0.3 is 14.7 Å². The summed E-state index contributed by atoms with van der Waals surface area (Å²) in [4.78, 5) is 16.1. The fourth-order valence-corrected chi connectivity index (χ4v) is 1.25. The summed E-state index contributed by atoms with van der Waals surface area (Å²) in [5, 5.41) is 8.99. The number of ether oxygens (including phenoxy) is 1. The van der Waals surface area contributed by atoms with Crippen molar-refractivity contribution >= 4 is 5.97 Å². The second-order valence-electron chi connectivity index (χ2n) is 5.35. The van der Waals surface area contributed by atoms with Gasteiger partial charge in [-0.15, -0.1) is 0 Å². The van der Waals surface area contributed by atoms with Crippen LogP contribution in [0.1, 0.15) is 29.9 Å². The Morgan fingerprint density at radius 1 is 1.33 bits per heavy atom. The van der Waals surface area contributed by atoms with Crippen LogP contribution in [0.3, 0.4) is 0 Å². The van der Waals surface area contributed by atoms with Crippen LogP contribution in [0.2, 0.25) is 0 Å². The Hall–Kier alpha value is -1.83. The lowest BCUT2D eigenvalue weighted by Crippen LogP contribution is -2.43. The van der Waals surface area contributed by atoms with E-state index in [1.54, 1.807) is 32.8 Å². The van der Waals surface area contributed by atoms with Crippen LogP contribution in [0.15, 0.2) is 12.1 Å². The molecule has 0 bridgehead atoms. The number of hydrogen-bond acceptors (Lipinski definition) is 4. The molecule has 0 aliphatic rings. The maximum absolute atomic E-state index is 12.6. The summed E-state index contributed by atoms with van der Waals surface area (Å²) >= 11 is 0. The van der Waals surface area contributed by atoms with Crippen molar-refractivity contribution in [3.8, 4) is 5.88 Å². The van der Waals surface area contributed by atoms with Crippen LogP contribution in [-0.2, 0) is 6.18 Å². The van der Waals surface area contributed by atoms with Gasteiger partial charge in [-0.3, -0.25) is 0 Å². The minimum Gasteiger partial charge on any atom is -0.477 e. The van der Waals surface area contributed by atoms with Crippen LogP contribution in [-0.4, -0.2) is 47.2 Å². The zero-order chi connectivity index (χ0) is 16.4. The van der Waals surface area contributed by atoms with Crippen molar-refractivity contribution in [3.05, 3.63) is 23.4 Å². The van der Waals surface area contributed by atoms with Gasteiger partial charge in [-0.25, -0.2) is 9.78 Å². The average Bonchev–Trinajstić information content (AvgIpc) is 2.34. The smallest absolute Gasteiger partial charge is 0.433 e. The highest BCUT2D eigenvalue weighted by atomic mass is 19.4. The molecule has 0 aliphatic heterocycles. The molecule has 1 heterocycles. The number of hydrogen-bond donors (Lipinski definition) is 1. The minimum atomic E-state index is -4.66. The second-order valence-corrected chi connectivity index (χ2v) is 5.35. The summed E-state index contributed by atoms with van der Waals surface area (Å²) in [6.45, 7) is 3.61. The molecule has 0 radical (unpaired) electrons. The van der Waals surface area contributed by atoms with Crippen molar-refractivity contribution in [2.24, 2.45) is 0 Å². The summed E-state index contributed by atoms with van der Waals surface area (Å²) in [5.74, 6) is -1.93. The number of rotatable bonds is 5. The third-order valence-corrected chi connectivity index (χ3v) is 3.15. The van der Waals surface area contributed by atoms with E-state index in [-0.39, 0.29) is 6.61 Å². The van der Waals surface area contributed by atoms with E-state index >= 15 is 0 Å². The third-order valence-electron chi connectivity index (χ3n) is 3.15. The first-order valence-corrected chi connectivity index (χ1v) is 6.07. The molecule has 118 valence electrons. The number of pyridine rings is 1. The Balaban J connectivity index is 3.11. The van der Waals surface area contributed by atoms with E-state index in [4.69, 9.17) is 9.84 Å². The minimum absolute atomic E-state index is 0.00537. The summed E-state index contributed by atoms with van der Waals surface area (Å²) in [6.07, 6.45) is -4.66. The number of nitrogens with zero attached hydrogens (tertiary/aromatic N) is 2. The maximum atomic E-state index is 12.6. The Labute approximate surface area is 120 Å². The molecule has 0 aliphatic carbocycles. The van der Waals surface area contributed by atoms with E-state index in [0.717, 1.165) is 6.07 Å². The number of likely N-dealkylation sites (N-methyl/N-ethyl adjacent to an activating group) is 1. The monoisotopic (exact) mass is 306 g/mol. The van der Waals surface area contributed by atoms with E-state index in [1.807, 2.05) is 0 Å². The lowest BCUT2D eigenvalue weighted by atomic mass is 10.1. The van der Waals surface area contributed by atoms with Crippen molar-refractivity contribution in [2.45, 2.75) is 25.6 Å². The van der Waals surface area contributed by atoms with Gasteiger partial charge in [0.1, 0.15) is 17.9 Å². The number of carboxylic acids is 1. The van der Waals surface area contributed by atoms with E-state index in [9.17, 15) is 18.0 Å². The summed E-state index contributed by atoms with van der Waals surface area (Å²) in [6, 6.07) is 1.46. The van der Waals surface area contributed by atoms with Crippen molar-refractivity contribution < 1.29 is 27.8 Å². The average molecular weight is 306 g/mol. The molecule has 0 fully saturated rings. The second kappa shape index (κ2) is 5.88. The highest BCUT2D eigenvalue weighted by molar-refractivity contribution is 5.90. The third kappa shape index (κ3) is 4.32. The highest BCUT2D eigenvalue weighted by Crippen LogP contribution is 2.30. The van der Waals surface area contributed by atoms with Crippen LogP contribution in [0.5, 0.6) is 5.88 Å². The Morgan fingerprint density at radius 3 is 2.33 bits per heavy atom. The number of alkyl halides is 3. The Kier molecular flexibility index (Phi) is 4.83. The molecule has 0 aromatic carbocycles. The molecule has 0 amide bonds. The summed E-state index contributed by atoms with van der Waals surface area (Å²) in [5.41, 5.74) is -2.09. The molecule has 0 spiro atoms. The lowest BCUT2D eigenvalue weighted by molar-refractivity contribution is -0.141. The van der Waals surface area contributed by atoms with Gasteiger partial charge in [-0.1, -0.05) is 0 Å². The number of halogens is 3. The molecule has 1 rings (SSSR count). The van der Waals surface area contributed by atoms with Gasteiger partial charge in [0.25, 0.3) is 0 Å². The lowest BCUT2D eigenvalue weighted by Gasteiger charge is -2.32.